The molecule has 0 fully saturated rings. The highest BCUT2D eigenvalue weighted by atomic mass is 35.5. The number of methoxy groups -OCH3 is 1. The van der Waals surface area contributed by atoms with Gasteiger partial charge in [-0.1, -0.05) is 18.5 Å². The summed E-state index contributed by atoms with van der Waals surface area (Å²) in [6, 6.07) is 1.61. The van der Waals surface area contributed by atoms with Crippen molar-refractivity contribution in [2.75, 3.05) is 13.9 Å². The molecule has 1 aromatic rings. The van der Waals surface area contributed by atoms with Crippen molar-refractivity contribution in [2.24, 2.45) is 11.0 Å². The molecule has 2 rings (SSSR count). The summed E-state index contributed by atoms with van der Waals surface area (Å²) in [6.07, 6.45) is 0.261. The fraction of sp³-hybridized carbons (Fsp3) is 0.429. The van der Waals surface area contributed by atoms with Gasteiger partial charge in [-0.15, -0.1) is 0 Å². The minimum absolute atomic E-state index is 0.0211. The summed E-state index contributed by atoms with van der Waals surface area (Å²) in [5.41, 5.74) is 3.77. The zero-order valence-corrected chi connectivity index (χ0v) is 12.8. The maximum atomic E-state index is 14.5. The number of rotatable bonds is 4. The third-order valence-corrected chi connectivity index (χ3v) is 3.54. The molecule has 1 atom stereocenters. The second-order valence-electron chi connectivity index (χ2n) is 4.89. The van der Waals surface area contributed by atoms with Gasteiger partial charge in [0, 0.05) is 25.0 Å². The van der Waals surface area contributed by atoms with Crippen LogP contribution in [0.5, 0.6) is 5.75 Å². The van der Waals surface area contributed by atoms with Crippen LogP contribution in [0.2, 0.25) is 5.02 Å². The van der Waals surface area contributed by atoms with Gasteiger partial charge in [-0.2, -0.15) is 5.10 Å². The van der Waals surface area contributed by atoms with E-state index in [-0.39, 0.29) is 41.4 Å². The third-order valence-electron chi connectivity index (χ3n) is 3.20. The number of hydrazone groups is 1. The van der Waals surface area contributed by atoms with Gasteiger partial charge in [0.05, 0.1) is 5.71 Å². The smallest absolute Gasteiger partial charge is 0.240 e. The average Bonchev–Trinajstić information content (AvgIpc) is 2.43. The van der Waals surface area contributed by atoms with Crippen molar-refractivity contribution in [3.05, 3.63) is 28.0 Å². The van der Waals surface area contributed by atoms with Crippen molar-refractivity contribution in [2.45, 2.75) is 20.3 Å². The maximum absolute atomic E-state index is 14.5. The molecule has 5 nitrogen and oxygen atoms in total. The lowest BCUT2D eigenvalue weighted by molar-refractivity contribution is -0.121. The van der Waals surface area contributed by atoms with E-state index in [4.69, 9.17) is 21.1 Å². The predicted molar refractivity (Wildman–Crippen MR) is 77.1 cm³/mol. The lowest BCUT2D eigenvalue weighted by Crippen LogP contribution is -2.32. The molecule has 0 saturated heterocycles. The Labute approximate surface area is 127 Å². The van der Waals surface area contributed by atoms with Crippen LogP contribution in [0.15, 0.2) is 11.2 Å². The van der Waals surface area contributed by atoms with Crippen LogP contribution in [0.4, 0.5) is 4.39 Å². The molecule has 0 spiro atoms. The minimum atomic E-state index is -0.616. The highest BCUT2D eigenvalue weighted by Crippen LogP contribution is 2.35. The summed E-state index contributed by atoms with van der Waals surface area (Å²) in [4.78, 5) is 11.3. The van der Waals surface area contributed by atoms with Crippen LogP contribution in [0.25, 0.3) is 0 Å². The topological polar surface area (TPSA) is 59.9 Å². The molecule has 1 N–H and O–H groups in total. The third kappa shape index (κ3) is 3.16. The molecular weight excluding hydrogens is 299 g/mol. The van der Waals surface area contributed by atoms with E-state index in [2.05, 4.69) is 10.5 Å². The summed E-state index contributed by atoms with van der Waals surface area (Å²) in [7, 11) is 1.47. The van der Waals surface area contributed by atoms with Crippen molar-refractivity contribution < 1.29 is 18.7 Å². The Hall–Kier alpha value is -1.66. The number of nitrogens with one attached hydrogen (secondary N) is 1. The summed E-state index contributed by atoms with van der Waals surface area (Å²) in [6.45, 7) is 3.55. The Morgan fingerprint density at radius 2 is 2.29 bits per heavy atom. The normalized spacial score (nSPS) is 18.2. The van der Waals surface area contributed by atoms with E-state index in [9.17, 15) is 9.18 Å². The molecule has 114 valence electrons. The number of nitrogens with zero attached hydrogens (tertiary/aromatic N) is 1. The second kappa shape index (κ2) is 6.41. The fourth-order valence-electron chi connectivity index (χ4n) is 2.20. The van der Waals surface area contributed by atoms with Crippen molar-refractivity contribution in [3.8, 4) is 5.75 Å². The van der Waals surface area contributed by atoms with Gasteiger partial charge in [0.1, 0.15) is 10.8 Å². The molecule has 1 heterocycles. The first kappa shape index (κ1) is 15.7. The predicted octanol–water partition coefficient (Wildman–Crippen LogP) is 2.63. The summed E-state index contributed by atoms with van der Waals surface area (Å²) < 4.78 is 24.6. The highest BCUT2D eigenvalue weighted by Gasteiger charge is 2.26. The number of benzene rings is 1. The molecule has 1 unspecified atom stereocenters. The maximum Gasteiger partial charge on any atom is 0.240 e. The number of hydrogen-bond acceptors (Lipinski definition) is 4. The van der Waals surface area contributed by atoms with Crippen molar-refractivity contribution in [1.82, 2.24) is 5.43 Å². The molecule has 1 aromatic carbocycles. The van der Waals surface area contributed by atoms with E-state index in [0.717, 1.165) is 0 Å². The van der Waals surface area contributed by atoms with Gasteiger partial charge in [0.2, 0.25) is 5.91 Å². The quantitative estimate of drug-likeness (QED) is 0.869. The van der Waals surface area contributed by atoms with E-state index >= 15 is 0 Å². The Morgan fingerprint density at radius 3 is 2.90 bits per heavy atom. The number of hydrogen-bond donors (Lipinski definition) is 1. The Morgan fingerprint density at radius 1 is 1.57 bits per heavy atom. The van der Waals surface area contributed by atoms with Gasteiger partial charge in [0.15, 0.2) is 12.6 Å². The highest BCUT2D eigenvalue weighted by molar-refractivity contribution is 6.33. The first-order chi connectivity index (χ1) is 9.95. The first-order valence-electron chi connectivity index (χ1n) is 6.42. The van der Waals surface area contributed by atoms with Crippen LogP contribution >= 0.6 is 11.6 Å². The van der Waals surface area contributed by atoms with Gasteiger partial charge in [-0.3, -0.25) is 4.79 Å². The Kier molecular flexibility index (Phi) is 4.80. The van der Waals surface area contributed by atoms with Crippen LogP contribution in [0, 0.1) is 18.7 Å². The number of ether oxygens (including phenoxy) is 2. The first-order valence-corrected chi connectivity index (χ1v) is 6.80. The number of aryl methyl sites for hydroxylation is 1. The zero-order valence-electron chi connectivity index (χ0n) is 12.0. The second-order valence-corrected chi connectivity index (χ2v) is 5.26. The SMILES string of the molecule is COCOc1c(C)cc(C2=NNC(=O)CC2C)c(F)c1Cl. The molecule has 0 aliphatic carbocycles. The van der Waals surface area contributed by atoms with Gasteiger partial charge < -0.3 is 9.47 Å². The molecule has 0 aromatic heterocycles. The summed E-state index contributed by atoms with van der Waals surface area (Å²) in [5, 5.41) is 3.83. The molecule has 1 aliphatic heterocycles. The molecule has 7 heteroatoms. The lowest BCUT2D eigenvalue weighted by Gasteiger charge is -2.21. The molecule has 0 radical (unpaired) electrons. The van der Waals surface area contributed by atoms with Crippen molar-refractivity contribution >= 4 is 23.2 Å². The van der Waals surface area contributed by atoms with Crippen LogP contribution in [-0.2, 0) is 9.53 Å². The molecular formula is C14H16ClFN2O3. The molecule has 1 amide bonds. The summed E-state index contributed by atoms with van der Waals surface area (Å²) >= 11 is 6.04. The molecule has 0 bridgehead atoms. The van der Waals surface area contributed by atoms with Crippen LogP contribution in [-0.4, -0.2) is 25.5 Å². The van der Waals surface area contributed by atoms with Crippen LogP contribution in [0.3, 0.4) is 0 Å². The fourth-order valence-corrected chi connectivity index (χ4v) is 2.50. The van der Waals surface area contributed by atoms with E-state index in [0.29, 0.717) is 11.3 Å². The largest absolute Gasteiger partial charge is 0.466 e. The molecule has 21 heavy (non-hydrogen) atoms. The van der Waals surface area contributed by atoms with Crippen LogP contribution < -0.4 is 10.2 Å². The number of carbonyl (C=O) groups is 1. The number of halogens is 2. The molecule has 0 saturated carbocycles. The monoisotopic (exact) mass is 314 g/mol. The zero-order chi connectivity index (χ0) is 15.6. The average molecular weight is 315 g/mol. The number of carbonyl (C=O) groups excluding carboxylic acids is 1. The van der Waals surface area contributed by atoms with Gasteiger partial charge >= 0.3 is 0 Å². The van der Waals surface area contributed by atoms with Crippen molar-refractivity contribution in [3.63, 3.8) is 0 Å². The van der Waals surface area contributed by atoms with E-state index in [1.807, 2.05) is 6.92 Å². The molecule has 1 aliphatic rings. The minimum Gasteiger partial charge on any atom is -0.466 e. The van der Waals surface area contributed by atoms with Gasteiger partial charge in [-0.05, 0) is 18.6 Å². The summed E-state index contributed by atoms with van der Waals surface area (Å²) in [5.74, 6) is -0.744. The van der Waals surface area contributed by atoms with E-state index in [1.54, 1.807) is 13.0 Å². The van der Waals surface area contributed by atoms with E-state index < -0.39 is 5.82 Å². The number of amides is 1. The van der Waals surface area contributed by atoms with Gasteiger partial charge in [0.25, 0.3) is 0 Å². The van der Waals surface area contributed by atoms with Crippen molar-refractivity contribution in [1.29, 1.82) is 0 Å². The van der Waals surface area contributed by atoms with Gasteiger partial charge in [-0.25, -0.2) is 9.82 Å². The Balaban J connectivity index is 2.44. The lowest BCUT2D eigenvalue weighted by atomic mass is 9.92. The van der Waals surface area contributed by atoms with E-state index in [1.165, 1.54) is 7.11 Å². The van der Waals surface area contributed by atoms with Crippen LogP contribution in [0.1, 0.15) is 24.5 Å². The standard InChI is InChI=1S/C14H16ClFN2O3/c1-7-5-10(19)17-18-13(7)9-4-8(2)14(21-6-20-3)11(15)12(9)16/h4,7H,5-6H2,1-3H3,(H,17,19). The Bertz CT molecular complexity index is 604.